The molecule has 0 aliphatic carbocycles. The lowest BCUT2D eigenvalue weighted by molar-refractivity contribution is -0.159. The van der Waals surface area contributed by atoms with Crippen molar-refractivity contribution in [3.8, 4) is 5.88 Å². The minimum Gasteiger partial charge on any atom is -0.481 e. The van der Waals surface area contributed by atoms with Crippen LogP contribution in [0.3, 0.4) is 0 Å². The van der Waals surface area contributed by atoms with E-state index < -0.39 is 0 Å². The first-order valence-corrected chi connectivity index (χ1v) is 9.14. The molecule has 0 unspecified atom stereocenters. The molecule has 0 bridgehead atoms. The van der Waals surface area contributed by atoms with Crippen LogP contribution in [0.2, 0.25) is 0 Å². The van der Waals surface area contributed by atoms with Gasteiger partial charge in [-0.25, -0.2) is 4.98 Å². The normalized spacial score (nSPS) is 11.7. The van der Waals surface area contributed by atoms with Crippen molar-refractivity contribution < 1.29 is 23.7 Å². The van der Waals surface area contributed by atoms with E-state index in [9.17, 15) is 0 Å². The number of ether oxygens (including phenoxy) is 5. The van der Waals surface area contributed by atoms with E-state index in [2.05, 4.69) is 4.98 Å². The zero-order valence-corrected chi connectivity index (χ0v) is 16.2. The van der Waals surface area contributed by atoms with Gasteiger partial charge in [0.1, 0.15) is 0 Å². The molecule has 144 valence electrons. The fourth-order valence-electron chi connectivity index (χ4n) is 2.74. The molecule has 0 saturated heterocycles. The largest absolute Gasteiger partial charge is 0.481 e. The predicted octanol–water partition coefficient (Wildman–Crippen LogP) is 3.75. The Bertz CT molecular complexity index is 427. The number of nitrogens with zero attached hydrogens (tertiary/aromatic N) is 1. The maximum Gasteiger partial charge on any atom is 0.213 e. The Kier molecular flexibility index (Phi) is 11.4. The van der Waals surface area contributed by atoms with Crippen LogP contribution in [0.5, 0.6) is 5.88 Å². The van der Waals surface area contributed by atoms with Gasteiger partial charge in [-0.1, -0.05) is 0 Å². The Labute approximate surface area is 151 Å². The van der Waals surface area contributed by atoms with Crippen LogP contribution in [0.4, 0.5) is 0 Å². The van der Waals surface area contributed by atoms with Gasteiger partial charge in [-0.05, 0) is 45.2 Å². The highest BCUT2D eigenvalue weighted by atomic mass is 16.7. The molecule has 6 heteroatoms. The van der Waals surface area contributed by atoms with Crippen LogP contribution in [0.25, 0.3) is 0 Å². The van der Waals surface area contributed by atoms with Gasteiger partial charge in [0, 0.05) is 51.5 Å². The topological polar surface area (TPSA) is 59.0 Å². The summed E-state index contributed by atoms with van der Waals surface area (Å²) in [4.78, 5) is 4.20. The van der Waals surface area contributed by atoms with Crippen molar-refractivity contribution in [3.05, 3.63) is 23.9 Å². The van der Waals surface area contributed by atoms with Crippen LogP contribution in [-0.4, -0.2) is 51.1 Å². The van der Waals surface area contributed by atoms with Gasteiger partial charge in [-0.3, -0.25) is 0 Å². The summed E-state index contributed by atoms with van der Waals surface area (Å²) in [7, 11) is 1.62. The average molecular weight is 355 g/mol. The lowest BCUT2D eigenvalue weighted by Crippen LogP contribution is -2.25. The quantitative estimate of drug-likeness (QED) is 0.474. The van der Waals surface area contributed by atoms with E-state index >= 15 is 0 Å². The summed E-state index contributed by atoms with van der Waals surface area (Å²) in [5, 5.41) is 0. The number of hydrogen-bond donors (Lipinski definition) is 0. The lowest BCUT2D eigenvalue weighted by Gasteiger charge is -2.27. The lowest BCUT2D eigenvalue weighted by atomic mass is 9.92. The second kappa shape index (κ2) is 13.1. The van der Waals surface area contributed by atoms with Crippen LogP contribution in [0.1, 0.15) is 52.0 Å². The van der Waals surface area contributed by atoms with Crippen molar-refractivity contribution in [2.45, 2.75) is 59.0 Å². The van der Waals surface area contributed by atoms with E-state index in [0.717, 1.165) is 5.56 Å². The summed E-state index contributed by atoms with van der Waals surface area (Å²) in [6.07, 6.45) is 2.66. The summed E-state index contributed by atoms with van der Waals surface area (Å²) in [6.45, 7) is 10.3. The van der Waals surface area contributed by atoms with Gasteiger partial charge in [0.05, 0.1) is 7.11 Å². The van der Waals surface area contributed by atoms with E-state index in [1.165, 1.54) is 0 Å². The Morgan fingerprint density at radius 3 is 1.72 bits per heavy atom. The Hall–Kier alpha value is -1.21. The van der Waals surface area contributed by atoms with Gasteiger partial charge in [0.2, 0.25) is 5.88 Å². The van der Waals surface area contributed by atoms with Gasteiger partial charge < -0.3 is 23.7 Å². The molecule has 1 heterocycles. The van der Waals surface area contributed by atoms with Gasteiger partial charge in [-0.2, -0.15) is 0 Å². The fourth-order valence-corrected chi connectivity index (χ4v) is 2.74. The van der Waals surface area contributed by atoms with Crippen molar-refractivity contribution in [2.75, 3.05) is 33.5 Å². The summed E-state index contributed by atoms with van der Waals surface area (Å²) in [6, 6.07) is 3.95. The molecule has 0 radical (unpaired) electrons. The van der Waals surface area contributed by atoms with Gasteiger partial charge in [0.15, 0.2) is 12.6 Å². The molecule has 0 amide bonds. The SMILES string of the molecule is CCOC(CC(CC(OCC)OCC)c1ccnc(OC)c1)OCC. The molecule has 1 rings (SSSR count). The number of methoxy groups -OCH3 is 1. The van der Waals surface area contributed by atoms with Crippen molar-refractivity contribution in [1.29, 1.82) is 0 Å². The van der Waals surface area contributed by atoms with Crippen molar-refractivity contribution in [3.63, 3.8) is 0 Å². The van der Waals surface area contributed by atoms with Crippen molar-refractivity contribution >= 4 is 0 Å². The van der Waals surface area contributed by atoms with E-state index in [-0.39, 0.29) is 18.5 Å². The molecule has 0 atom stereocenters. The first-order chi connectivity index (χ1) is 12.2. The smallest absolute Gasteiger partial charge is 0.213 e. The molecule has 0 spiro atoms. The number of rotatable bonds is 14. The predicted molar refractivity (Wildman–Crippen MR) is 96.8 cm³/mol. The van der Waals surface area contributed by atoms with Gasteiger partial charge >= 0.3 is 0 Å². The standard InChI is InChI=1S/C19H33NO5/c1-6-22-18(23-7-2)13-16(14-19(24-8-3)25-9-4)15-10-11-20-17(12-15)21-5/h10-12,16,18-19H,6-9,13-14H2,1-5H3. The first kappa shape index (κ1) is 21.8. The Morgan fingerprint density at radius 2 is 1.32 bits per heavy atom. The molecular weight excluding hydrogens is 322 g/mol. The molecular formula is C19H33NO5. The maximum absolute atomic E-state index is 5.74. The number of pyridine rings is 1. The third-order valence-corrected chi connectivity index (χ3v) is 3.80. The molecule has 0 aromatic carbocycles. The Balaban J connectivity index is 2.97. The third-order valence-electron chi connectivity index (χ3n) is 3.80. The molecule has 6 nitrogen and oxygen atoms in total. The zero-order chi connectivity index (χ0) is 18.5. The number of hydrogen-bond acceptors (Lipinski definition) is 6. The second-order valence-electron chi connectivity index (χ2n) is 5.48. The van der Waals surface area contributed by atoms with Gasteiger partial charge in [-0.15, -0.1) is 0 Å². The van der Waals surface area contributed by atoms with Crippen LogP contribution in [0, 0.1) is 0 Å². The molecule has 0 fully saturated rings. The summed E-state index contributed by atoms with van der Waals surface area (Å²) >= 11 is 0. The maximum atomic E-state index is 5.74. The highest BCUT2D eigenvalue weighted by Gasteiger charge is 2.24. The molecule has 1 aromatic rings. The van der Waals surface area contributed by atoms with Crippen LogP contribution in [0.15, 0.2) is 18.3 Å². The zero-order valence-electron chi connectivity index (χ0n) is 16.2. The monoisotopic (exact) mass is 355 g/mol. The summed E-state index contributed by atoms with van der Waals surface area (Å²) in [5.41, 5.74) is 1.11. The van der Waals surface area contributed by atoms with Crippen LogP contribution >= 0.6 is 0 Å². The van der Waals surface area contributed by atoms with E-state index in [1.807, 2.05) is 39.8 Å². The molecule has 0 saturated carbocycles. The van der Waals surface area contributed by atoms with Crippen LogP contribution < -0.4 is 4.74 Å². The fraction of sp³-hybridized carbons (Fsp3) is 0.737. The van der Waals surface area contributed by atoms with E-state index in [1.54, 1.807) is 13.3 Å². The molecule has 1 aromatic heterocycles. The average Bonchev–Trinajstić information content (AvgIpc) is 2.62. The highest BCUT2D eigenvalue weighted by Crippen LogP contribution is 2.30. The van der Waals surface area contributed by atoms with Crippen LogP contribution in [-0.2, 0) is 18.9 Å². The molecule has 0 aliphatic rings. The highest BCUT2D eigenvalue weighted by molar-refractivity contribution is 5.24. The van der Waals surface area contributed by atoms with E-state index in [4.69, 9.17) is 23.7 Å². The van der Waals surface area contributed by atoms with Crippen molar-refractivity contribution in [1.82, 2.24) is 4.98 Å². The Morgan fingerprint density at radius 1 is 0.840 bits per heavy atom. The number of aromatic nitrogens is 1. The second-order valence-corrected chi connectivity index (χ2v) is 5.48. The summed E-state index contributed by atoms with van der Waals surface area (Å²) in [5.74, 6) is 0.735. The minimum absolute atomic E-state index is 0.142. The van der Waals surface area contributed by atoms with E-state index in [0.29, 0.717) is 45.1 Å². The first-order valence-electron chi connectivity index (χ1n) is 9.14. The minimum atomic E-state index is -0.261. The molecule has 0 aliphatic heterocycles. The molecule has 25 heavy (non-hydrogen) atoms. The van der Waals surface area contributed by atoms with Gasteiger partial charge in [0.25, 0.3) is 0 Å². The van der Waals surface area contributed by atoms with Crippen molar-refractivity contribution in [2.24, 2.45) is 0 Å². The third kappa shape index (κ3) is 8.14. The molecule has 0 N–H and O–H groups in total. The summed E-state index contributed by atoms with van der Waals surface area (Å²) < 4.78 is 28.2.